The van der Waals surface area contributed by atoms with Crippen LogP contribution in [0.2, 0.25) is 10.0 Å². The molecule has 0 aliphatic heterocycles. The van der Waals surface area contributed by atoms with Crippen LogP contribution in [0.25, 0.3) is 6.08 Å². The Hall–Kier alpha value is -2.30. The first kappa shape index (κ1) is 22.0. The van der Waals surface area contributed by atoms with Gasteiger partial charge >= 0.3 is 5.97 Å². The summed E-state index contributed by atoms with van der Waals surface area (Å²) in [7, 11) is 0. The molecule has 1 atom stereocenters. The monoisotopic (exact) mass is 419 g/mol. The van der Waals surface area contributed by atoms with Gasteiger partial charge in [-0.1, -0.05) is 60.5 Å². The molecule has 0 aromatic heterocycles. The van der Waals surface area contributed by atoms with E-state index >= 15 is 0 Å². The minimum absolute atomic E-state index is 0.0243. The summed E-state index contributed by atoms with van der Waals surface area (Å²) in [5.74, 6) is -1.05. The van der Waals surface area contributed by atoms with Gasteiger partial charge in [0.25, 0.3) is 0 Å². The lowest BCUT2D eigenvalue weighted by Crippen LogP contribution is -2.27. The van der Waals surface area contributed by atoms with Crippen molar-refractivity contribution in [2.24, 2.45) is 0 Å². The van der Waals surface area contributed by atoms with Gasteiger partial charge in [-0.05, 0) is 54.7 Å². The van der Waals surface area contributed by atoms with Gasteiger partial charge in [0.05, 0.1) is 22.5 Å². The molecule has 0 fully saturated rings. The number of carboxylic acids is 1. The smallest absolute Gasteiger partial charge is 0.307 e. The Bertz CT molecular complexity index is 905. The molecule has 4 nitrogen and oxygen atoms in total. The number of carbonyl (C=O) groups excluding carboxylic acids is 1. The van der Waals surface area contributed by atoms with Crippen molar-refractivity contribution in [3.63, 3.8) is 0 Å². The molecule has 0 heterocycles. The second-order valence-corrected chi connectivity index (χ2v) is 7.41. The third kappa shape index (κ3) is 5.60. The van der Waals surface area contributed by atoms with Crippen molar-refractivity contribution in [2.75, 3.05) is 0 Å². The van der Waals surface area contributed by atoms with E-state index in [0.717, 1.165) is 22.3 Å². The standard InChI is InChI=1S/C22H23Cl2NO3/c1-4-16(12-18-13(2)5-10-19(23)21(18)24)22(28)25-14(3)17-8-6-15(7-9-17)11-20(26)27/h5-10,12,14H,4,11H2,1-3H3,(H,25,28)(H,26,27)/b16-12+. The molecule has 0 spiro atoms. The number of aliphatic carboxylic acids is 1. The quantitative estimate of drug-likeness (QED) is 0.573. The van der Waals surface area contributed by atoms with Gasteiger partial charge in [0.15, 0.2) is 0 Å². The van der Waals surface area contributed by atoms with Crippen molar-refractivity contribution in [3.8, 4) is 0 Å². The van der Waals surface area contributed by atoms with Crippen molar-refractivity contribution in [2.45, 2.75) is 39.7 Å². The Kier molecular flexibility index (Phi) is 7.67. The summed E-state index contributed by atoms with van der Waals surface area (Å²) in [6.45, 7) is 5.71. The van der Waals surface area contributed by atoms with Gasteiger partial charge in [-0.3, -0.25) is 9.59 Å². The topological polar surface area (TPSA) is 66.4 Å². The molecule has 0 saturated heterocycles. The molecule has 0 bridgehead atoms. The molecule has 0 aliphatic carbocycles. The van der Waals surface area contributed by atoms with E-state index in [9.17, 15) is 9.59 Å². The van der Waals surface area contributed by atoms with E-state index in [1.54, 1.807) is 24.3 Å². The molecule has 2 aromatic rings. The second kappa shape index (κ2) is 9.76. The normalized spacial score (nSPS) is 12.5. The van der Waals surface area contributed by atoms with Crippen LogP contribution >= 0.6 is 23.2 Å². The van der Waals surface area contributed by atoms with Crippen LogP contribution in [0.1, 0.15) is 48.6 Å². The van der Waals surface area contributed by atoms with Crippen LogP contribution < -0.4 is 5.32 Å². The van der Waals surface area contributed by atoms with Gasteiger partial charge in [0.2, 0.25) is 5.91 Å². The highest BCUT2D eigenvalue weighted by molar-refractivity contribution is 6.43. The van der Waals surface area contributed by atoms with Gasteiger partial charge in [0, 0.05) is 5.57 Å². The molecule has 2 rings (SSSR count). The summed E-state index contributed by atoms with van der Waals surface area (Å²) in [6, 6.07) is 10.6. The van der Waals surface area contributed by atoms with Gasteiger partial charge in [0.1, 0.15) is 0 Å². The first-order valence-electron chi connectivity index (χ1n) is 8.99. The van der Waals surface area contributed by atoms with Gasteiger partial charge in [-0.25, -0.2) is 0 Å². The Morgan fingerprint density at radius 1 is 1.14 bits per heavy atom. The SMILES string of the molecule is CC/C(=C\c1c(C)ccc(Cl)c1Cl)C(=O)NC(C)c1ccc(CC(=O)O)cc1. The average Bonchev–Trinajstić information content (AvgIpc) is 2.65. The van der Waals surface area contributed by atoms with E-state index in [1.807, 2.05) is 39.0 Å². The van der Waals surface area contributed by atoms with Crippen molar-refractivity contribution in [1.29, 1.82) is 0 Å². The number of amides is 1. The molecule has 2 N–H and O–H groups in total. The van der Waals surface area contributed by atoms with Crippen LogP contribution in [-0.2, 0) is 16.0 Å². The number of nitrogens with one attached hydrogen (secondary N) is 1. The molecule has 0 saturated carbocycles. The van der Waals surface area contributed by atoms with Crippen molar-refractivity contribution < 1.29 is 14.7 Å². The van der Waals surface area contributed by atoms with Gasteiger partial charge < -0.3 is 10.4 Å². The number of halogens is 2. The Balaban J connectivity index is 2.17. The molecule has 2 aromatic carbocycles. The number of rotatable bonds is 7. The molecular weight excluding hydrogens is 397 g/mol. The summed E-state index contributed by atoms with van der Waals surface area (Å²) in [4.78, 5) is 23.5. The fourth-order valence-corrected chi connectivity index (χ4v) is 3.25. The second-order valence-electron chi connectivity index (χ2n) is 6.62. The predicted octanol–water partition coefficient (Wildman–Crippen LogP) is 5.60. The maximum atomic E-state index is 12.7. The highest BCUT2D eigenvalue weighted by atomic mass is 35.5. The lowest BCUT2D eigenvalue weighted by Gasteiger charge is -2.16. The van der Waals surface area contributed by atoms with E-state index < -0.39 is 5.97 Å². The molecule has 0 aliphatic rings. The minimum atomic E-state index is -0.873. The van der Waals surface area contributed by atoms with E-state index in [4.69, 9.17) is 28.3 Å². The highest BCUT2D eigenvalue weighted by Crippen LogP contribution is 2.30. The molecular formula is C22H23Cl2NO3. The highest BCUT2D eigenvalue weighted by Gasteiger charge is 2.15. The van der Waals surface area contributed by atoms with Gasteiger partial charge in [-0.15, -0.1) is 0 Å². The molecule has 1 amide bonds. The number of benzene rings is 2. The summed E-state index contributed by atoms with van der Waals surface area (Å²) in [5.41, 5.74) is 3.90. The van der Waals surface area contributed by atoms with Crippen LogP contribution in [0.15, 0.2) is 42.0 Å². The largest absolute Gasteiger partial charge is 0.481 e. The number of hydrogen-bond acceptors (Lipinski definition) is 2. The van der Waals surface area contributed by atoms with E-state index in [2.05, 4.69) is 5.32 Å². The van der Waals surface area contributed by atoms with Crippen LogP contribution in [0.5, 0.6) is 0 Å². The van der Waals surface area contributed by atoms with E-state index in [1.165, 1.54) is 0 Å². The van der Waals surface area contributed by atoms with Crippen molar-refractivity contribution in [3.05, 3.63) is 74.3 Å². The first-order chi connectivity index (χ1) is 13.2. The number of aryl methyl sites for hydroxylation is 1. The zero-order valence-electron chi connectivity index (χ0n) is 16.1. The van der Waals surface area contributed by atoms with Crippen LogP contribution in [-0.4, -0.2) is 17.0 Å². The van der Waals surface area contributed by atoms with Crippen LogP contribution in [0, 0.1) is 6.92 Å². The van der Waals surface area contributed by atoms with Crippen LogP contribution in [0.4, 0.5) is 0 Å². The third-order valence-electron chi connectivity index (χ3n) is 4.52. The Labute approximate surface area is 175 Å². The summed E-state index contributed by atoms with van der Waals surface area (Å²) < 4.78 is 0. The molecule has 28 heavy (non-hydrogen) atoms. The fourth-order valence-electron chi connectivity index (χ4n) is 2.81. The van der Waals surface area contributed by atoms with Crippen molar-refractivity contribution >= 4 is 41.2 Å². The zero-order valence-corrected chi connectivity index (χ0v) is 17.6. The first-order valence-corrected chi connectivity index (χ1v) is 9.75. The Morgan fingerprint density at radius 2 is 1.79 bits per heavy atom. The lowest BCUT2D eigenvalue weighted by atomic mass is 10.0. The average molecular weight is 420 g/mol. The number of carboxylic acid groups (broad SMARTS) is 1. The minimum Gasteiger partial charge on any atom is -0.481 e. The van der Waals surface area contributed by atoms with E-state index in [-0.39, 0.29) is 18.4 Å². The predicted molar refractivity (Wildman–Crippen MR) is 114 cm³/mol. The van der Waals surface area contributed by atoms with E-state index in [0.29, 0.717) is 22.0 Å². The Morgan fingerprint density at radius 3 is 2.36 bits per heavy atom. The number of hydrogen-bond donors (Lipinski definition) is 2. The summed E-state index contributed by atoms with van der Waals surface area (Å²) in [5, 5.41) is 12.7. The maximum absolute atomic E-state index is 12.7. The molecule has 0 radical (unpaired) electrons. The molecule has 148 valence electrons. The zero-order chi connectivity index (χ0) is 20.8. The number of carbonyl (C=O) groups is 2. The maximum Gasteiger partial charge on any atom is 0.307 e. The van der Waals surface area contributed by atoms with Crippen LogP contribution in [0.3, 0.4) is 0 Å². The summed E-state index contributed by atoms with van der Waals surface area (Å²) in [6.07, 6.45) is 2.30. The van der Waals surface area contributed by atoms with Gasteiger partial charge in [-0.2, -0.15) is 0 Å². The fraction of sp³-hybridized carbons (Fsp3) is 0.273. The molecule has 1 unspecified atom stereocenters. The third-order valence-corrected chi connectivity index (χ3v) is 5.34. The van der Waals surface area contributed by atoms with Crippen molar-refractivity contribution in [1.82, 2.24) is 5.32 Å². The lowest BCUT2D eigenvalue weighted by molar-refractivity contribution is -0.136. The molecule has 6 heteroatoms. The summed E-state index contributed by atoms with van der Waals surface area (Å²) >= 11 is 12.4.